The van der Waals surface area contributed by atoms with Gasteiger partial charge in [0.2, 0.25) is 5.91 Å². The van der Waals surface area contributed by atoms with Gasteiger partial charge < -0.3 is 15.5 Å². The maximum atomic E-state index is 12.7. The van der Waals surface area contributed by atoms with Crippen LogP contribution in [0.25, 0.3) is 0 Å². The average Bonchev–Trinajstić information content (AvgIpc) is 2.54. The van der Waals surface area contributed by atoms with E-state index in [1.54, 1.807) is 0 Å². The van der Waals surface area contributed by atoms with Crippen molar-refractivity contribution in [1.82, 2.24) is 0 Å². The van der Waals surface area contributed by atoms with E-state index in [0.717, 1.165) is 44.5 Å². The van der Waals surface area contributed by atoms with Crippen LogP contribution < -0.4 is 15.5 Å². The Labute approximate surface area is 131 Å². The number of para-hydroxylation sites is 1. The maximum Gasteiger partial charge on any atom is 0.282 e. The average molecular weight is 302 g/mol. The van der Waals surface area contributed by atoms with Crippen molar-refractivity contribution in [3.05, 3.63) is 29.8 Å². The molecule has 3 N–H and O–H groups in total. The summed E-state index contributed by atoms with van der Waals surface area (Å²) in [5.74, 6) is -0.148. The Morgan fingerprint density at radius 2 is 2.09 bits per heavy atom. The second-order valence-corrected chi connectivity index (χ2v) is 6.40. The van der Waals surface area contributed by atoms with E-state index in [1.807, 2.05) is 23.1 Å². The topological polar surface area (TPSA) is 67.8 Å². The molecule has 2 aliphatic heterocycles. The largest absolute Gasteiger partial charge is 0.369 e. The molecule has 2 amide bonds. The minimum Gasteiger partial charge on any atom is -0.369 e. The standard InChI is InChI=1S/C17H23N3O2/c18-17(22)14-7-3-9-19(11-14)12-16(21)20-10-4-6-13-5-1-2-8-15(13)20/h1-2,5,8,14H,3-4,6-7,9-12H2,(H2,18,22)/p+1/t14-/m1/s1. The van der Waals surface area contributed by atoms with E-state index in [2.05, 4.69) is 6.07 Å². The third kappa shape index (κ3) is 3.14. The molecule has 0 aliphatic carbocycles. The van der Waals surface area contributed by atoms with Crippen molar-refractivity contribution in [1.29, 1.82) is 0 Å². The van der Waals surface area contributed by atoms with Gasteiger partial charge in [0.15, 0.2) is 6.54 Å². The van der Waals surface area contributed by atoms with Crippen molar-refractivity contribution < 1.29 is 14.5 Å². The van der Waals surface area contributed by atoms with Gasteiger partial charge in [0.1, 0.15) is 0 Å². The molecule has 1 saturated heterocycles. The number of primary amides is 1. The summed E-state index contributed by atoms with van der Waals surface area (Å²) in [5.41, 5.74) is 7.73. The van der Waals surface area contributed by atoms with Crippen molar-refractivity contribution in [2.24, 2.45) is 11.7 Å². The number of nitrogens with two attached hydrogens (primary N) is 1. The molecular weight excluding hydrogens is 278 g/mol. The molecule has 1 fully saturated rings. The van der Waals surface area contributed by atoms with E-state index >= 15 is 0 Å². The molecule has 2 atom stereocenters. The van der Waals surface area contributed by atoms with E-state index in [0.29, 0.717) is 13.1 Å². The summed E-state index contributed by atoms with van der Waals surface area (Å²) in [6, 6.07) is 8.15. The first kappa shape index (κ1) is 15.0. The Hall–Kier alpha value is -1.88. The van der Waals surface area contributed by atoms with Crippen molar-refractivity contribution in [2.45, 2.75) is 25.7 Å². The van der Waals surface area contributed by atoms with Crippen LogP contribution >= 0.6 is 0 Å². The number of fused-ring (bicyclic) bond motifs is 1. The molecule has 0 bridgehead atoms. The fourth-order valence-electron chi connectivity index (χ4n) is 3.66. The Balaban J connectivity index is 1.67. The Bertz CT molecular complexity index is 573. The minimum atomic E-state index is -0.229. The van der Waals surface area contributed by atoms with Crippen molar-refractivity contribution in [3.8, 4) is 0 Å². The van der Waals surface area contributed by atoms with E-state index in [-0.39, 0.29) is 17.7 Å². The van der Waals surface area contributed by atoms with Gasteiger partial charge in [-0.15, -0.1) is 0 Å². The maximum absolute atomic E-state index is 12.7. The quantitative estimate of drug-likeness (QED) is 0.808. The smallest absolute Gasteiger partial charge is 0.282 e. The first-order valence-corrected chi connectivity index (χ1v) is 8.16. The van der Waals surface area contributed by atoms with E-state index in [9.17, 15) is 9.59 Å². The summed E-state index contributed by atoms with van der Waals surface area (Å²) in [6.07, 6.45) is 3.88. The lowest BCUT2D eigenvalue weighted by Gasteiger charge is -2.32. The van der Waals surface area contributed by atoms with Gasteiger partial charge >= 0.3 is 0 Å². The van der Waals surface area contributed by atoms with Gasteiger partial charge in [0.05, 0.1) is 19.0 Å². The van der Waals surface area contributed by atoms with Crippen molar-refractivity contribution in [3.63, 3.8) is 0 Å². The number of amides is 2. The van der Waals surface area contributed by atoms with Crippen LogP contribution in [-0.4, -0.2) is 38.0 Å². The number of rotatable bonds is 3. The molecule has 118 valence electrons. The van der Waals surface area contributed by atoms with Gasteiger partial charge in [-0.25, -0.2) is 0 Å². The van der Waals surface area contributed by atoms with Crippen LogP contribution in [0.2, 0.25) is 0 Å². The van der Waals surface area contributed by atoms with Crippen molar-refractivity contribution >= 4 is 17.5 Å². The minimum absolute atomic E-state index is 0.0785. The Kier molecular flexibility index (Phi) is 4.43. The number of benzene rings is 1. The lowest BCUT2D eigenvalue weighted by Crippen LogP contribution is -3.15. The van der Waals surface area contributed by atoms with Crippen LogP contribution in [0.5, 0.6) is 0 Å². The van der Waals surface area contributed by atoms with Gasteiger partial charge in [-0.05, 0) is 37.3 Å². The number of likely N-dealkylation sites (tertiary alicyclic amines) is 1. The highest BCUT2D eigenvalue weighted by molar-refractivity contribution is 5.95. The van der Waals surface area contributed by atoms with Crippen LogP contribution in [0.15, 0.2) is 24.3 Å². The number of quaternary nitrogens is 1. The molecule has 5 heteroatoms. The Morgan fingerprint density at radius 1 is 1.27 bits per heavy atom. The first-order chi connectivity index (χ1) is 10.6. The van der Waals surface area contributed by atoms with Gasteiger partial charge in [-0.1, -0.05) is 18.2 Å². The first-order valence-electron chi connectivity index (χ1n) is 8.16. The van der Waals surface area contributed by atoms with E-state index in [1.165, 1.54) is 10.5 Å². The zero-order valence-corrected chi connectivity index (χ0v) is 12.9. The summed E-state index contributed by atoms with van der Waals surface area (Å²) in [5, 5.41) is 0. The predicted octanol–water partition coefficient (Wildman–Crippen LogP) is -0.254. The number of carbonyl (C=O) groups is 2. The fourth-order valence-corrected chi connectivity index (χ4v) is 3.66. The molecule has 0 spiro atoms. The highest BCUT2D eigenvalue weighted by Crippen LogP contribution is 2.26. The Morgan fingerprint density at radius 3 is 2.91 bits per heavy atom. The summed E-state index contributed by atoms with van der Waals surface area (Å²) >= 11 is 0. The summed E-state index contributed by atoms with van der Waals surface area (Å²) in [4.78, 5) is 27.2. The van der Waals surface area contributed by atoms with Crippen LogP contribution in [0.3, 0.4) is 0 Å². The second kappa shape index (κ2) is 6.48. The lowest BCUT2D eigenvalue weighted by molar-refractivity contribution is -0.899. The summed E-state index contributed by atoms with van der Waals surface area (Å²) in [6.45, 7) is 2.89. The number of hydrogen-bond donors (Lipinski definition) is 2. The monoisotopic (exact) mass is 302 g/mol. The molecule has 2 aliphatic rings. The molecular formula is C17H24N3O2+. The fraction of sp³-hybridized carbons (Fsp3) is 0.529. The molecule has 1 aromatic carbocycles. The molecule has 22 heavy (non-hydrogen) atoms. The van der Waals surface area contributed by atoms with Gasteiger partial charge in [-0.3, -0.25) is 9.59 Å². The molecule has 1 unspecified atom stereocenters. The predicted molar refractivity (Wildman–Crippen MR) is 84.6 cm³/mol. The van der Waals surface area contributed by atoms with E-state index in [4.69, 9.17) is 5.73 Å². The normalized spacial score (nSPS) is 24.6. The van der Waals surface area contributed by atoms with E-state index < -0.39 is 0 Å². The molecule has 0 radical (unpaired) electrons. The molecule has 5 nitrogen and oxygen atoms in total. The number of nitrogens with zero attached hydrogens (tertiary/aromatic N) is 1. The lowest BCUT2D eigenvalue weighted by atomic mass is 9.97. The summed E-state index contributed by atoms with van der Waals surface area (Å²) < 4.78 is 0. The molecule has 0 aromatic heterocycles. The molecule has 3 rings (SSSR count). The van der Waals surface area contributed by atoms with Crippen LogP contribution in [0.4, 0.5) is 5.69 Å². The number of aryl methyl sites for hydroxylation is 1. The number of anilines is 1. The van der Waals surface area contributed by atoms with Gasteiger partial charge in [0.25, 0.3) is 5.91 Å². The highest BCUT2D eigenvalue weighted by atomic mass is 16.2. The number of nitrogens with one attached hydrogen (secondary N) is 1. The summed E-state index contributed by atoms with van der Waals surface area (Å²) in [7, 11) is 0. The van der Waals surface area contributed by atoms with Crippen LogP contribution in [0, 0.1) is 5.92 Å². The number of carbonyl (C=O) groups excluding carboxylic acids is 2. The SMILES string of the molecule is NC(=O)[C@@H]1CCC[NH+](CC(=O)N2CCCc3ccccc32)C1. The third-order valence-corrected chi connectivity index (χ3v) is 4.83. The second-order valence-electron chi connectivity index (χ2n) is 6.40. The molecule has 2 heterocycles. The van der Waals surface area contributed by atoms with Gasteiger partial charge in [0, 0.05) is 12.2 Å². The van der Waals surface area contributed by atoms with Crippen LogP contribution in [0.1, 0.15) is 24.8 Å². The van der Waals surface area contributed by atoms with Crippen LogP contribution in [-0.2, 0) is 16.0 Å². The zero-order chi connectivity index (χ0) is 15.5. The number of hydrogen-bond acceptors (Lipinski definition) is 2. The third-order valence-electron chi connectivity index (χ3n) is 4.83. The highest BCUT2D eigenvalue weighted by Gasteiger charge is 2.31. The number of piperidine rings is 1. The van der Waals surface area contributed by atoms with Gasteiger partial charge in [-0.2, -0.15) is 0 Å². The molecule has 1 aromatic rings. The van der Waals surface area contributed by atoms with Crippen molar-refractivity contribution in [2.75, 3.05) is 31.1 Å². The molecule has 0 saturated carbocycles. The zero-order valence-electron chi connectivity index (χ0n) is 12.9.